The summed E-state index contributed by atoms with van der Waals surface area (Å²) in [6.45, 7) is 2.23. The second-order valence-electron chi connectivity index (χ2n) is 6.72. The Bertz CT molecular complexity index is 879. The van der Waals surface area contributed by atoms with Crippen LogP contribution in [0.4, 0.5) is 13.2 Å². The fourth-order valence-corrected chi connectivity index (χ4v) is 3.31. The lowest BCUT2D eigenvalue weighted by Gasteiger charge is -2.23. The number of ether oxygens (including phenoxy) is 1. The number of esters is 1. The zero-order valence-electron chi connectivity index (χ0n) is 15.9. The zero-order chi connectivity index (χ0) is 21.0. The maximum Gasteiger partial charge on any atom is 0.417 e. The molecule has 1 aliphatic heterocycles. The minimum atomic E-state index is -4.58. The summed E-state index contributed by atoms with van der Waals surface area (Å²) in [6, 6.07) is 8.05. The van der Waals surface area contributed by atoms with Gasteiger partial charge in [0.2, 0.25) is 5.76 Å². The highest BCUT2D eigenvalue weighted by atomic mass is 19.4. The Labute approximate surface area is 165 Å². The molecular weight excluding hydrogens is 389 g/mol. The molecule has 0 bridgehead atoms. The van der Waals surface area contributed by atoms with Crippen LogP contribution >= 0.6 is 0 Å². The summed E-state index contributed by atoms with van der Waals surface area (Å²) < 4.78 is 49.7. The van der Waals surface area contributed by atoms with E-state index in [1.807, 2.05) is 4.90 Å². The number of amides is 1. The molecule has 9 heteroatoms. The van der Waals surface area contributed by atoms with Gasteiger partial charge in [-0.2, -0.15) is 13.2 Å². The van der Waals surface area contributed by atoms with Gasteiger partial charge in [-0.05, 0) is 30.7 Å². The Morgan fingerprint density at radius 2 is 1.83 bits per heavy atom. The summed E-state index contributed by atoms with van der Waals surface area (Å²) in [6.07, 6.45) is -3.97. The molecule has 0 N–H and O–H groups in total. The quantitative estimate of drug-likeness (QED) is 0.723. The van der Waals surface area contributed by atoms with Gasteiger partial charge in [-0.1, -0.05) is 12.1 Å². The van der Waals surface area contributed by atoms with Gasteiger partial charge in [-0.25, -0.2) is 4.79 Å². The number of hydrogen-bond acceptors (Lipinski definition) is 5. The average Bonchev–Trinajstić information content (AvgIpc) is 3.04. The minimum absolute atomic E-state index is 0.109. The molecule has 0 atom stereocenters. The Hall–Kier alpha value is -2.81. The Kier molecular flexibility index (Phi) is 6.26. The van der Waals surface area contributed by atoms with Crippen molar-refractivity contribution in [1.82, 2.24) is 9.80 Å². The summed E-state index contributed by atoms with van der Waals surface area (Å²) in [5, 5.41) is 0. The van der Waals surface area contributed by atoms with Crippen molar-refractivity contribution < 1.29 is 31.9 Å². The van der Waals surface area contributed by atoms with Gasteiger partial charge >= 0.3 is 12.1 Å². The van der Waals surface area contributed by atoms with Crippen molar-refractivity contribution in [3.63, 3.8) is 0 Å². The number of furan rings is 1. The number of alkyl halides is 3. The van der Waals surface area contributed by atoms with E-state index in [2.05, 4.69) is 4.74 Å². The third-order valence-electron chi connectivity index (χ3n) is 4.77. The number of rotatable bonds is 4. The molecule has 29 heavy (non-hydrogen) atoms. The summed E-state index contributed by atoms with van der Waals surface area (Å²) in [4.78, 5) is 27.7. The van der Waals surface area contributed by atoms with Crippen LogP contribution < -0.4 is 0 Å². The Morgan fingerprint density at radius 1 is 1.07 bits per heavy atom. The predicted molar refractivity (Wildman–Crippen MR) is 97.3 cm³/mol. The SMILES string of the molecule is COC(=O)c1ccc(CN2CCCN(C(=O)c3ccccc3C(F)(F)F)CC2)o1. The molecule has 1 aromatic heterocycles. The van der Waals surface area contributed by atoms with E-state index in [0.29, 0.717) is 44.9 Å². The number of hydrogen-bond donors (Lipinski definition) is 0. The fourth-order valence-electron chi connectivity index (χ4n) is 3.31. The largest absolute Gasteiger partial charge is 0.463 e. The number of halogens is 3. The highest BCUT2D eigenvalue weighted by molar-refractivity contribution is 5.96. The van der Waals surface area contributed by atoms with Crippen LogP contribution in [0, 0.1) is 0 Å². The van der Waals surface area contributed by atoms with Crippen molar-refractivity contribution in [3.8, 4) is 0 Å². The average molecular weight is 410 g/mol. The first-order chi connectivity index (χ1) is 13.8. The molecule has 1 saturated heterocycles. The van der Waals surface area contributed by atoms with Gasteiger partial charge in [0.05, 0.1) is 24.8 Å². The maximum absolute atomic E-state index is 13.2. The predicted octanol–water partition coefficient (Wildman–Crippen LogP) is 3.43. The topological polar surface area (TPSA) is 63.0 Å². The number of nitrogens with zero attached hydrogens (tertiary/aromatic N) is 2. The van der Waals surface area contributed by atoms with Crippen molar-refractivity contribution in [2.75, 3.05) is 33.3 Å². The summed E-state index contributed by atoms with van der Waals surface area (Å²) in [5.74, 6) is -0.497. The third kappa shape index (κ3) is 4.97. The standard InChI is InChI=1S/C20H21F3N2O4/c1-28-19(27)17-8-7-14(29-17)13-24-9-4-10-25(12-11-24)18(26)15-5-2-3-6-16(15)20(21,22)23/h2-3,5-8H,4,9-13H2,1H3. The van der Waals surface area contributed by atoms with Gasteiger partial charge in [0.25, 0.3) is 5.91 Å². The summed E-state index contributed by atoms with van der Waals surface area (Å²) in [7, 11) is 1.27. The van der Waals surface area contributed by atoms with Crippen LogP contribution in [0.5, 0.6) is 0 Å². The molecule has 156 valence electrons. The maximum atomic E-state index is 13.2. The molecule has 2 aromatic rings. The van der Waals surface area contributed by atoms with Crippen LogP contribution in [0.2, 0.25) is 0 Å². The van der Waals surface area contributed by atoms with E-state index in [-0.39, 0.29) is 11.3 Å². The van der Waals surface area contributed by atoms with Gasteiger partial charge in [-0.15, -0.1) is 0 Å². The first-order valence-electron chi connectivity index (χ1n) is 9.14. The zero-order valence-corrected chi connectivity index (χ0v) is 15.9. The van der Waals surface area contributed by atoms with Crippen LogP contribution in [0.25, 0.3) is 0 Å². The highest BCUT2D eigenvalue weighted by Crippen LogP contribution is 2.32. The first-order valence-corrected chi connectivity index (χ1v) is 9.14. The number of benzene rings is 1. The van der Waals surface area contributed by atoms with E-state index >= 15 is 0 Å². The summed E-state index contributed by atoms with van der Waals surface area (Å²) >= 11 is 0. The normalized spacial score (nSPS) is 15.8. The number of carbonyl (C=O) groups excluding carboxylic acids is 2. The van der Waals surface area contributed by atoms with E-state index in [0.717, 1.165) is 6.07 Å². The fraction of sp³-hybridized carbons (Fsp3) is 0.400. The van der Waals surface area contributed by atoms with Gasteiger partial charge in [0, 0.05) is 26.2 Å². The lowest BCUT2D eigenvalue weighted by molar-refractivity contribution is -0.138. The molecule has 1 amide bonds. The molecular formula is C20H21F3N2O4. The number of carbonyl (C=O) groups is 2. The highest BCUT2D eigenvalue weighted by Gasteiger charge is 2.36. The van der Waals surface area contributed by atoms with Gasteiger partial charge < -0.3 is 14.1 Å². The van der Waals surface area contributed by atoms with Crippen LogP contribution in [0.3, 0.4) is 0 Å². The smallest absolute Gasteiger partial charge is 0.417 e. The van der Waals surface area contributed by atoms with Gasteiger partial charge in [0.15, 0.2) is 0 Å². The van der Waals surface area contributed by atoms with E-state index in [4.69, 9.17) is 4.42 Å². The number of methoxy groups -OCH3 is 1. The molecule has 2 heterocycles. The van der Waals surface area contributed by atoms with E-state index in [1.165, 1.54) is 36.3 Å². The van der Waals surface area contributed by atoms with Crippen LogP contribution in [-0.2, 0) is 17.5 Å². The van der Waals surface area contributed by atoms with Gasteiger partial charge in [-0.3, -0.25) is 9.69 Å². The molecule has 0 saturated carbocycles. The summed E-state index contributed by atoms with van der Waals surface area (Å²) in [5.41, 5.74) is -1.25. The molecule has 0 aliphatic carbocycles. The van der Waals surface area contributed by atoms with Crippen molar-refractivity contribution in [3.05, 3.63) is 59.0 Å². The van der Waals surface area contributed by atoms with E-state index in [1.54, 1.807) is 6.07 Å². The third-order valence-corrected chi connectivity index (χ3v) is 4.77. The molecule has 1 aliphatic rings. The lowest BCUT2D eigenvalue weighted by Crippen LogP contribution is -2.36. The van der Waals surface area contributed by atoms with Crippen LogP contribution in [-0.4, -0.2) is 55.0 Å². The molecule has 1 aromatic carbocycles. The molecule has 0 unspecified atom stereocenters. The molecule has 3 rings (SSSR count). The minimum Gasteiger partial charge on any atom is -0.463 e. The Morgan fingerprint density at radius 3 is 2.55 bits per heavy atom. The molecule has 0 radical (unpaired) electrons. The Balaban J connectivity index is 1.65. The van der Waals surface area contributed by atoms with Crippen molar-refractivity contribution in [1.29, 1.82) is 0 Å². The monoisotopic (exact) mass is 410 g/mol. The van der Waals surface area contributed by atoms with Crippen molar-refractivity contribution >= 4 is 11.9 Å². The molecule has 0 spiro atoms. The van der Waals surface area contributed by atoms with E-state index in [9.17, 15) is 22.8 Å². The first kappa shape index (κ1) is 20.9. The van der Waals surface area contributed by atoms with Crippen molar-refractivity contribution in [2.45, 2.75) is 19.1 Å². The molecule has 1 fully saturated rings. The van der Waals surface area contributed by atoms with Crippen molar-refractivity contribution in [2.24, 2.45) is 0 Å². The van der Waals surface area contributed by atoms with Crippen LogP contribution in [0.15, 0.2) is 40.8 Å². The van der Waals surface area contributed by atoms with Gasteiger partial charge in [0.1, 0.15) is 5.76 Å². The van der Waals surface area contributed by atoms with Crippen LogP contribution in [0.1, 0.15) is 38.7 Å². The lowest BCUT2D eigenvalue weighted by atomic mass is 10.1. The molecule has 6 nitrogen and oxygen atoms in total. The van der Waals surface area contributed by atoms with E-state index < -0.39 is 23.6 Å². The second kappa shape index (κ2) is 8.69. The second-order valence-corrected chi connectivity index (χ2v) is 6.72.